The van der Waals surface area contributed by atoms with Crippen LogP contribution in [0.3, 0.4) is 0 Å². The van der Waals surface area contributed by atoms with Gasteiger partial charge in [-0.3, -0.25) is 4.79 Å². The first-order valence-corrected chi connectivity index (χ1v) is 6.79. The quantitative estimate of drug-likeness (QED) is 0.788. The van der Waals surface area contributed by atoms with Crippen molar-refractivity contribution in [3.05, 3.63) is 51.5 Å². The van der Waals surface area contributed by atoms with Crippen molar-refractivity contribution < 1.29 is 18.0 Å². The third-order valence-electron chi connectivity index (χ3n) is 2.75. The van der Waals surface area contributed by atoms with E-state index in [1.807, 2.05) is 31.2 Å². The van der Waals surface area contributed by atoms with Gasteiger partial charge in [-0.2, -0.15) is 13.2 Å². The van der Waals surface area contributed by atoms with Crippen LogP contribution >= 0.6 is 11.3 Å². The second-order valence-corrected chi connectivity index (χ2v) is 5.47. The van der Waals surface area contributed by atoms with Gasteiger partial charge in [0.1, 0.15) is 0 Å². The minimum atomic E-state index is -4.49. The maximum atomic E-state index is 12.4. The lowest BCUT2D eigenvalue weighted by Crippen LogP contribution is -2.03. The van der Waals surface area contributed by atoms with E-state index in [0.29, 0.717) is 17.8 Å². The van der Waals surface area contributed by atoms with Crippen molar-refractivity contribution >= 4 is 17.1 Å². The van der Waals surface area contributed by atoms with E-state index in [4.69, 9.17) is 0 Å². The Morgan fingerprint density at radius 2 is 2.10 bits per heavy atom. The summed E-state index contributed by atoms with van der Waals surface area (Å²) in [5.41, 5.74) is 2.09. The second kappa shape index (κ2) is 5.75. The number of nitrogens with zero attached hydrogens (tertiary/aromatic N) is 1. The molecule has 6 heteroatoms. The van der Waals surface area contributed by atoms with Crippen LogP contribution in [0, 0.1) is 6.92 Å². The van der Waals surface area contributed by atoms with Crippen molar-refractivity contribution in [2.24, 2.45) is 0 Å². The van der Waals surface area contributed by atoms with Gasteiger partial charge in [0.15, 0.2) is 10.8 Å². The highest BCUT2D eigenvalue weighted by Gasteiger charge is 2.35. The first-order valence-electron chi connectivity index (χ1n) is 5.98. The number of hydrogen-bond donors (Lipinski definition) is 0. The van der Waals surface area contributed by atoms with Gasteiger partial charge in [0.2, 0.25) is 0 Å². The van der Waals surface area contributed by atoms with Gasteiger partial charge >= 0.3 is 6.18 Å². The molecule has 0 saturated heterocycles. The Morgan fingerprint density at radius 1 is 1.35 bits per heavy atom. The van der Waals surface area contributed by atoms with E-state index in [2.05, 4.69) is 4.98 Å². The molecule has 2 nitrogen and oxygen atoms in total. The Balaban J connectivity index is 2.00. The molecule has 1 aromatic carbocycles. The Labute approximate surface area is 118 Å². The normalized spacial score (nSPS) is 11.6. The van der Waals surface area contributed by atoms with Crippen LogP contribution in [0.1, 0.15) is 32.2 Å². The molecule has 106 valence electrons. The maximum absolute atomic E-state index is 12.4. The molecule has 0 aliphatic heterocycles. The number of carbonyl (C=O) groups excluding carboxylic acids is 1. The third kappa shape index (κ3) is 3.66. The summed E-state index contributed by atoms with van der Waals surface area (Å²) in [6.07, 6.45) is -2.78. The fraction of sp³-hybridized carbons (Fsp3) is 0.286. The molecule has 2 aromatic rings. The summed E-state index contributed by atoms with van der Waals surface area (Å²) in [6, 6.07) is 7.70. The van der Waals surface area contributed by atoms with Gasteiger partial charge in [-0.05, 0) is 18.9 Å². The molecule has 1 aromatic heterocycles. The summed E-state index contributed by atoms with van der Waals surface area (Å²) < 4.78 is 37.2. The Morgan fingerprint density at radius 3 is 2.70 bits per heavy atom. The van der Waals surface area contributed by atoms with Gasteiger partial charge < -0.3 is 0 Å². The number of Topliss-reactive ketones (excluding diaryl/α,β-unsaturated/α-hetero) is 1. The summed E-state index contributed by atoms with van der Waals surface area (Å²) in [7, 11) is 0. The van der Waals surface area contributed by atoms with Gasteiger partial charge in [0.25, 0.3) is 0 Å². The Hall–Kier alpha value is -1.69. The van der Waals surface area contributed by atoms with Crippen LogP contribution < -0.4 is 0 Å². The summed E-state index contributed by atoms with van der Waals surface area (Å²) in [4.78, 5) is 15.2. The molecule has 0 atom stereocenters. The fourth-order valence-electron chi connectivity index (χ4n) is 1.78. The first-order chi connectivity index (χ1) is 9.36. The molecule has 0 aliphatic rings. The minimum absolute atomic E-state index is 0.0602. The first kappa shape index (κ1) is 14.7. The molecule has 1 heterocycles. The lowest BCUT2D eigenvalue weighted by Gasteiger charge is -2.01. The fourth-order valence-corrected chi connectivity index (χ4v) is 2.53. The predicted molar refractivity (Wildman–Crippen MR) is 70.9 cm³/mol. The standard InChI is InChI=1S/C14H12F3NOS/c1-9-3-2-4-10(7-9)5-6-11(19)12-8-18-13(20-12)14(15,16)17/h2-4,7-8H,5-6H2,1H3. The molecule has 0 bridgehead atoms. The number of alkyl halides is 3. The highest BCUT2D eigenvalue weighted by atomic mass is 32.1. The Bertz CT molecular complexity index is 619. The number of aromatic nitrogens is 1. The average molecular weight is 299 g/mol. The van der Waals surface area contributed by atoms with Crippen molar-refractivity contribution in [3.63, 3.8) is 0 Å². The zero-order chi connectivity index (χ0) is 14.8. The number of aryl methyl sites for hydroxylation is 2. The smallest absolute Gasteiger partial charge is 0.293 e. The largest absolute Gasteiger partial charge is 0.443 e. The molecular weight excluding hydrogens is 287 g/mol. The summed E-state index contributed by atoms with van der Waals surface area (Å²) in [5.74, 6) is -0.306. The van der Waals surface area contributed by atoms with Crippen LogP contribution in [0.5, 0.6) is 0 Å². The summed E-state index contributed by atoms with van der Waals surface area (Å²) in [6.45, 7) is 1.95. The molecule has 0 spiro atoms. The Kier molecular flexibility index (Phi) is 4.23. The highest BCUT2D eigenvalue weighted by Crippen LogP contribution is 2.32. The SMILES string of the molecule is Cc1cccc(CCC(=O)c2cnc(C(F)(F)F)s2)c1. The molecular formula is C14H12F3NOS. The van der Waals surface area contributed by atoms with E-state index >= 15 is 0 Å². The number of rotatable bonds is 4. The predicted octanol–water partition coefficient (Wildman–Crippen LogP) is 4.29. The molecule has 0 radical (unpaired) electrons. The second-order valence-electron chi connectivity index (χ2n) is 4.44. The molecule has 0 unspecified atom stereocenters. The molecule has 0 amide bonds. The van der Waals surface area contributed by atoms with E-state index in [1.54, 1.807) is 0 Å². The van der Waals surface area contributed by atoms with Gasteiger partial charge in [-0.1, -0.05) is 29.8 Å². The number of carbonyl (C=O) groups is 1. The third-order valence-corrected chi connectivity index (χ3v) is 3.83. The van der Waals surface area contributed by atoms with Crippen LogP contribution in [0.15, 0.2) is 30.5 Å². The van der Waals surface area contributed by atoms with Gasteiger partial charge in [-0.25, -0.2) is 4.98 Å². The lowest BCUT2D eigenvalue weighted by molar-refractivity contribution is -0.137. The van der Waals surface area contributed by atoms with E-state index < -0.39 is 11.2 Å². The zero-order valence-corrected chi connectivity index (χ0v) is 11.5. The zero-order valence-electron chi connectivity index (χ0n) is 10.7. The molecule has 0 N–H and O–H groups in total. The van der Waals surface area contributed by atoms with Crippen molar-refractivity contribution in [2.45, 2.75) is 25.9 Å². The molecule has 0 saturated carbocycles. The van der Waals surface area contributed by atoms with Crippen LogP contribution in [-0.4, -0.2) is 10.8 Å². The number of hydrogen-bond acceptors (Lipinski definition) is 3. The van der Waals surface area contributed by atoms with Gasteiger partial charge in [0, 0.05) is 12.6 Å². The summed E-state index contributed by atoms with van der Waals surface area (Å²) >= 11 is 0.401. The van der Waals surface area contributed by atoms with Crippen molar-refractivity contribution in [1.29, 1.82) is 0 Å². The van der Waals surface area contributed by atoms with Crippen LogP contribution in [0.2, 0.25) is 0 Å². The monoisotopic (exact) mass is 299 g/mol. The van der Waals surface area contributed by atoms with E-state index in [0.717, 1.165) is 17.3 Å². The summed E-state index contributed by atoms with van der Waals surface area (Å²) in [5, 5.41) is -0.976. The average Bonchev–Trinajstić information content (AvgIpc) is 2.85. The van der Waals surface area contributed by atoms with Crippen molar-refractivity contribution in [1.82, 2.24) is 4.98 Å². The van der Waals surface area contributed by atoms with Crippen LogP contribution in [0.4, 0.5) is 13.2 Å². The lowest BCUT2D eigenvalue weighted by atomic mass is 10.1. The van der Waals surface area contributed by atoms with Gasteiger partial charge in [-0.15, -0.1) is 11.3 Å². The van der Waals surface area contributed by atoms with Gasteiger partial charge in [0.05, 0.1) is 4.88 Å². The number of thiazole rings is 1. The number of halogens is 3. The molecule has 0 fully saturated rings. The van der Waals surface area contributed by atoms with E-state index in [1.165, 1.54) is 0 Å². The van der Waals surface area contributed by atoms with Crippen LogP contribution in [-0.2, 0) is 12.6 Å². The van der Waals surface area contributed by atoms with E-state index in [9.17, 15) is 18.0 Å². The van der Waals surface area contributed by atoms with E-state index in [-0.39, 0.29) is 17.1 Å². The number of benzene rings is 1. The molecule has 0 aliphatic carbocycles. The van der Waals surface area contributed by atoms with Crippen molar-refractivity contribution in [2.75, 3.05) is 0 Å². The highest BCUT2D eigenvalue weighted by molar-refractivity contribution is 7.13. The molecule has 2 rings (SSSR count). The van der Waals surface area contributed by atoms with Crippen molar-refractivity contribution in [3.8, 4) is 0 Å². The molecule has 20 heavy (non-hydrogen) atoms. The topological polar surface area (TPSA) is 30.0 Å². The minimum Gasteiger partial charge on any atom is -0.293 e. The van der Waals surface area contributed by atoms with Crippen LogP contribution in [0.25, 0.3) is 0 Å². The number of ketones is 1. The maximum Gasteiger partial charge on any atom is 0.443 e.